The van der Waals surface area contributed by atoms with Crippen LogP contribution in [0.5, 0.6) is 0 Å². The summed E-state index contributed by atoms with van der Waals surface area (Å²) in [5, 5.41) is 12.3. The number of carbonyl (C=O) groups is 5. The molecule has 18 heteroatoms. The molecule has 0 bridgehead atoms. The fourth-order valence-corrected chi connectivity index (χ4v) is 6.74. The largest absolute Gasteiger partial charge is 0.378 e. The van der Waals surface area contributed by atoms with E-state index in [1.54, 1.807) is 6.92 Å². The molecule has 0 saturated carbocycles. The molecule has 2 aliphatic heterocycles. The van der Waals surface area contributed by atoms with E-state index in [0.29, 0.717) is 124 Å². The van der Waals surface area contributed by atoms with Crippen LogP contribution in [0.25, 0.3) is 0 Å². The molecule has 4 N–H and O–H groups in total. The monoisotopic (exact) mass is 849 g/mol. The number of rotatable bonds is 35. The van der Waals surface area contributed by atoms with Gasteiger partial charge in [0.1, 0.15) is 19.0 Å². The summed E-state index contributed by atoms with van der Waals surface area (Å²) in [4.78, 5) is 64.4. The highest BCUT2D eigenvalue weighted by Gasteiger charge is 2.40. The van der Waals surface area contributed by atoms with Gasteiger partial charge in [-0.25, -0.2) is 0 Å². The van der Waals surface area contributed by atoms with E-state index in [0.717, 1.165) is 13.1 Å². The minimum absolute atomic E-state index is 0.0182. The quantitative estimate of drug-likeness (QED) is 0.0515. The number of likely N-dealkylation sites (tertiary alicyclic amines) is 2. The van der Waals surface area contributed by atoms with Crippen LogP contribution in [-0.2, 0) is 52.4 Å². The molecule has 0 aromatic carbocycles. The van der Waals surface area contributed by atoms with Crippen molar-refractivity contribution >= 4 is 41.2 Å². The normalized spacial score (nSPS) is 18.3. The van der Waals surface area contributed by atoms with E-state index >= 15 is 0 Å². The minimum Gasteiger partial charge on any atom is -0.378 e. The summed E-state index contributed by atoms with van der Waals surface area (Å²) in [6.45, 7) is 22.9. The van der Waals surface area contributed by atoms with Crippen LogP contribution in [0.1, 0.15) is 61.3 Å². The molecule has 0 aliphatic carbocycles. The summed E-state index contributed by atoms with van der Waals surface area (Å²) in [6.07, 6.45) is 0.559. The molecule has 2 saturated heterocycles. The number of ketones is 1. The van der Waals surface area contributed by atoms with Gasteiger partial charge in [-0.1, -0.05) is 48.5 Å². The SMILES string of the molecule is CC.CCC(=O)CSC1CC(=O)N(CCN2CC(NCCOCCOCCOCC(=O)NCC(C)C)C(NCCOCCOCCOCC(=O)NCC(C)C)C2)C1=O. The lowest BCUT2D eigenvalue weighted by molar-refractivity contribution is -0.138. The fourth-order valence-electron chi connectivity index (χ4n) is 5.62. The molecule has 17 nitrogen and oxygen atoms in total. The first-order valence-corrected chi connectivity index (χ1v) is 22.2. The maximum atomic E-state index is 13.0. The van der Waals surface area contributed by atoms with Gasteiger partial charge in [-0.3, -0.25) is 33.8 Å². The highest BCUT2D eigenvalue weighted by molar-refractivity contribution is 8.01. The Kier molecular flexibility index (Phi) is 31.9. The van der Waals surface area contributed by atoms with Crippen LogP contribution < -0.4 is 21.3 Å². The number of nitrogens with zero attached hydrogens (tertiary/aromatic N) is 2. The zero-order valence-electron chi connectivity index (χ0n) is 36.4. The van der Waals surface area contributed by atoms with E-state index in [1.165, 1.54) is 16.7 Å². The number of Topliss-reactive ketones (excluding diaryl/α,β-unsaturated/α-hetero) is 1. The first-order valence-electron chi connectivity index (χ1n) is 21.2. The molecular weight excluding hydrogens is 773 g/mol. The molecule has 2 heterocycles. The van der Waals surface area contributed by atoms with Crippen LogP contribution in [0.3, 0.4) is 0 Å². The van der Waals surface area contributed by atoms with Crippen LogP contribution in [0.4, 0.5) is 0 Å². The van der Waals surface area contributed by atoms with Crippen molar-refractivity contribution in [2.75, 3.05) is 137 Å². The average molecular weight is 849 g/mol. The smallest absolute Gasteiger partial charge is 0.246 e. The Labute approximate surface area is 351 Å². The second kappa shape index (κ2) is 34.5. The lowest BCUT2D eigenvalue weighted by atomic mass is 10.1. The fraction of sp³-hybridized carbons (Fsp3) is 0.875. The van der Waals surface area contributed by atoms with Gasteiger partial charge >= 0.3 is 0 Å². The molecule has 4 amide bonds. The molecule has 0 spiro atoms. The van der Waals surface area contributed by atoms with E-state index in [2.05, 4.69) is 26.2 Å². The zero-order valence-corrected chi connectivity index (χ0v) is 37.3. The summed E-state index contributed by atoms with van der Waals surface area (Å²) in [6, 6.07) is 0.211. The predicted octanol–water partition coefficient (Wildman–Crippen LogP) is 0.728. The number of nitrogens with one attached hydrogen (secondary N) is 4. The van der Waals surface area contributed by atoms with E-state index < -0.39 is 5.25 Å². The van der Waals surface area contributed by atoms with Crippen LogP contribution in [-0.4, -0.2) is 194 Å². The molecule has 3 atom stereocenters. The summed E-state index contributed by atoms with van der Waals surface area (Å²) in [7, 11) is 0. The third-order valence-corrected chi connectivity index (χ3v) is 10.0. The van der Waals surface area contributed by atoms with Gasteiger partial charge in [0.25, 0.3) is 0 Å². The summed E-state index contributed by atoms with van der Waals surface area (Å²) >= 11 is 1.27. The predicted molar refractivity (Wildman–Crippen MR) is 225 cm³/mol. The Morgan fingerprint density at radius 2 is 1.10 bits per heavy atom. The first-order chi connectivity index (χ1) is 28.0. The maximum Gasteiger partial charge on any atom is 0.246 e. The van der Waals surface area contributed by atoms with Gasteiger partial charge in [-0.2, -0.15) is 0 Å². The first kappa shape index (κ1) is 53.8. The van der Waals surface area contributed by atoms with Gasteiger partial charge in [0.2, 0.25) is 23.6 Å². The van der Waals surface area contributed by atoms with Crippen molar-refractivity contribution in [3.8, 4) is 0 Å². The Bertz CT molecular complexity index is 1080. The van der Waals surface area contributed by atoms with E-state index in [9.17, 15) is 24.0 Å². The van der Waals surface area contributed by atoms with Gasteiger partial charge in [-0.15, -0.1) is 11.8 Å². The van der Waals surface area contributed by atoms with Crippen LogP contribution >= 0.6 is 11.8 Å². The Morgan fingerprint density at radius 3 is 1.53 bits per heavy atom. The number of ether oxygens (including phenoxy) is 6. The number of carbonyl (C=O) groups excluding carboxylic acids is 5. The lowest BCUT2D eigenvalue weighted by Crippen LogP contribution is -2.48. The van der Waals surface area contributed by atoms with Crippen molar-refractivity contribution in [2.45, 2.75) is 78.6 Å². The van der Waals surface area contributed by atoms with Gasteiger partial charge in [-0.05, 0) is 11.8 Å². The molecule has 2 fully saturated rings. The number of imide groups is 1. The van der Waals surface area contributed by atoms with E-state index in [-0.39, 0.29) is 66.9 Å². The van der Waals surface area contributed by atoms with Crippen molar-refractivity contribution in [3.63, 3.8) is 0 Å². The molecule has 0 radical (unpaired) electrons. The van der Waals surface area contributed by atoms with Gasteiger partial charge in [0.05, 0.1) is 77.1 Å². The standard InChI is InChI=1S/C38H70N6O11S.C2H6/c1-6-31(45)28-56-34-21-37(48)44(38(34)49)10-9-43-24-32(39-7-11-50-13-15-52-17-19-54-26-35(46)41-22-29(2)3)33(25-43)40-8-12-51-14-16-53-18-20-55-27-36(47)42-23-30(4)5;1-2/h29-30,32-34,39-40H,6-28H2,1-5H3,(H,41,46)(H,42,47);1-2H3. The molecule has 58 heavy (non-hydrogen) atoms. The molecule has 338 valence electrons. The second-order valence-corrected chi connectivity index (χ2v) is 15.8. The van der Waals surface area contributed by atoms with Gasteiger partial charge in [0, 0.05) is 77.3 Å². The van der Waals surface area contributed by atoms with Crippen LogP contribution in [0, 0.1) is 11.8 Å². The number of hydrogen-bond donors (Lipinski definition) is 4. The molecular formula is C40H76N6O11S. The summed E-state index contributed by atoms with van der Waals surface area (Å²) in [5.74, 6) is 0.451. The van der Waals surface area contributed by atoms with Crippen molar-refractivity contribution in [1.29, 1.82) is 0 Å². The van der Waals surface area contributed by atoms with Crippen molar-refractivity contribution in [3.05, 3.63) is 0 Å². The van der Waals surface area contributed by atoms with Crippen LogP contribution in [0.2, 0.25) is 0 Å². The lowest BCUT2D eigenvalue weighted by Gasteiger charge is -2.21. The molecule has 3 unspecified atom stereocenters. The van der Waals surface area contributed by atoms with Crippen molar-refractivity contribution < 1.29 is 52.4 Å². The van der Waals surface area contributed by atoms with Gasteiger partial charge in [0.15, 0.2) is 0 Å². The third kappa shape index (κ3) is 26.1. The zero-order chi connectivity index (χ0) is 43.0. The molecule has 2 rings (SSSR count). The minimum atomic E-state index is -0.488. The molecule has 0 aromatic heterocycles. The third-order valence-electron chi connectivity index (χ3n) is 8.75. The van der Waals surface area contributed by atoms with Crippen LogP contribution in [0.15, 0.2) is 0 Å². The van der Waals surface area contributed by atoms with E-state index in [4.69, 9.17) is 28.4 Å². The Balaban J connectivity index is 0.00000827. The second-order valence-electron chi connectivity index (χ2n) is 14.6. The number of thioether (sulfide) groups is 1. The highest BCUT2D eigenvalue weighted by Crippen LogP contribution is 2.25. The summed E-state index contributed by atoms with van der Waals surface area (Å²) in [5.41, 5.74) is 0. The Morgan fingerprint density at radius 1 is 0.672 bits per heavy atom. The van der Waals surface area contributed by atoms with Crippen molar-refractivity contribution in [1.82, 2.24) is 31.1 Å². The maximum absolute atomic E-state index is 13.0. The van der Waals surface area contributed by atoms with E-state index in [1.807, 2.05) is 41.5 Å². The number of amides is 4. The topological polar surface area (TPSA) is 195 Å². The van der Waals surface area contributed by atoms with Gasteiger partial charge < -0.3 is 49.7 Å². The average Bonchev–Trinajstić information content (AvgIpc) is 3.72. The Hall–Kier alpha value is -2.26. The molecule has 0 aromatic rings. The highest BCUT2D eigenvalue weighted by atomic mass is 32.2. The number of hydrogen-bond acceptors (Lipinski definition) is 15. The summed E-state index contributed by atoms with van der Waals surface area (Å²) < 4.78 is 33.3. The van der Waals surface area contributed by atoms with Crippen molar-refractivity contribution in [2.24, 2.45) is 11.8 Å². The molecule has 2 aliphatic rings.